The van der Waals surface area contributed by atoms with Crippen molar-refractivity contribution < 1.29 is 19.4 Å². The van der Waals surface area contributed by atoms with E-state index in [1.54, 1.807) is 24.3 Å². The largest absolute Gasteiger partial charge is 0.481 e. The van der Waals surface area contributed by atoms with Crippen LogP contribution in [0.5, 0.6) is 5.75 Å². The van der Waals surface area contributed by atoms with Gasteiger partial charge in [0, 0.05) is 38.3 Å². The third kappa shape index (κ3) is 6.98. The fraction of sp³-hybridized carbons (Fsp3) is 0.318. The Balaban J connectivity index is 1.41. The van der Waals surface area contributed by atoms with Crippen LogP contribution in [-0.2, 0) is 16.1 Å². The summed E-state index contributed by atoms with van der Waals surface area (Å²) in [6.07, 6.45) is 1.45. The Hall–Kier alpha value is -3.23. The molecule has 158 valence electrons. The first-order valence-electron chi connectivity index (χ1n) is 9.84. The number of hydrogen-bond donors (Lipinski definition) is 2. The Morgan fingerprint density at radius 1 is 1.00 bits per heavy atom. The molecule has 8 heteroatoms. The van der Waals surface area contributed by atoms with Crippen LogP contribution < -0.4 is 10.2 Å². The van der Waals surface area contributed by atoms with Crippen LogP contribution in [0.25, 0.3) is 0 Å². The zero-order chi connectivity index (χ0) is 21.2. The Morgan fingerprint density at radius 3 is 2.40 bits per heavy atom. The summed E-state index contributed by atoms with van der Waals surface area (Å²) >= 11 is 0. The number of carboxylic acids is 1. The minimum absolute atomic E-state index is 0.188. The average Bonchev–Trinajstić information content (AvgIpc) is 2.75. The van der Waals surface area contributed by atoms with Gasteiger partial charge in [0.05, 0.1) is 12.8 Å². The number of ether oxygens (including phenoxy) is 1. The predicted molar refractivity (Wildman–Crippen MR) is 113 cm³/mol. The molecule has 1 saturated heterocycles. The zero-order valence-corrected chi connectivity index (χ0v) is 16.7. The second-order valence-electron chi connectivity index (χ2n) is 7.05. The highest BCUT2D eigenvalue weighted by molar-refractivity contribution is 5.85. The van der Waals surface area contributed by atoms with E-state index in [2.05, 4.69) is 32.5 Å². The van der Waals surface area contributed by atoms with Gasteiger partial charge in [0.25, 0.3) is 5.91 Å². The van der Waals surface area contributed by atoms with Gasteiger partial charge in [0.1, 0.15) is 5.75 Å². The van der Waals surface area contributed by atoms with Crippen LogP contribution in [-0.4, -0.2) is 72.3 Å². The number of aliphatic carboxylic acids is 1. The second-order valence-corrected chi connectivity index (χ2v) is 7.05. The normalized spacial score (nSPS) is 15.2. The third-order valence-electron chi connectivity index (χ3n) is 4.74. The van der Waals surface area contributed by atoms with Crippen LogP contribution in [0.4, 0.5) is 0 Å². The van der Waals surface area contributed by atoms with Gasteiger partial charge in [0.15, 0.2) is 6.61 Å². The maximum Gasteiger partial charge on any atom is 0.341 e. The minimum atomic E-state index is -1.06. The van der Waals surface area contributed by atoms with Crippen molar-refractivity contribution in [3.63, 3.8) is 0 Å². The van der Waals surface area contributed by atoms with E-state index in [0.717, 1.165) is 32.7 Å². The fourth-order valence-corrected chi connectivity index (χ4v) is 3.22. The Bertz CT molecular complexity index is 864. The summed E-state index contributed by atoms with van der Waals surface area (Å²) in [7, 11) is 0. The van der Waals surface area contributed by atoms with E-state index in [0.29, 0.717) is 11.3 Å². The van der Waals surface area contributed by atoms with Crippen molar-refractivity contribution in [2.24, 2.45) is 5.10 Å². The number of amides is 1. The van der Waals surface area contributed by atoms with Crippen molar-refractivity contribution in [1.29, 1.82) is 0 Å². The molecule has 1 fully saturated rings. The molecule has 1 aliphatic rings. The van der Waals surface area contributed by atoms with Crippen molar-refractivity contribution in [2.75, 3.05) is 39.3 Å². The lowest BCUT2D eigenvalue weighted by Gasteiger charge is -2.34. The van der Waals surface area contributed by atoms with Crippen molar-refractivity contribution in [2.45, 2.75) is 6.54 Å². The van der Waals surface area contributed by atoms with E-state index < -0.39 is 12.6 Å². The highest BCUT2D eigenvalue weighted by Crippen LogP contribution is 2.15. The van der Waals surface area contributed by atoms with E-state index >= 15 is 0 Å². The van der Waals surface area contributed by atoms with Crippen molar-refractivity contribution >= 4 is 18.1 Å². The van der Waals surface area contributed by atoms with Crippen LogP contribution in [0.2, 0.25) is 0 Å². The summed E-state index contributed by atoms with van der Waals surface area (Å²) in [5, 5.41) is 12.7. The zero-order valence-electron chi connectivity index (χ0n) is 16.7. The molecule has 1 aliphatic heterocycles. The van der Waals surface area contributed by atoms with Gasteiger partial charge >= 0.3 is 5.97 Å². The van der Waals surface area contributed by atoms with E-state index in [-0.39, 0.29) is 12.5 Å². The lowest BCUT2D eigenvalue weighted by molar-refractivity contribution is -0.139. The molecule has 30 heavy (non-hydrogen) atoms. The van der Waals surface area contributed by atoms with E-state index in [9.17, 15) is 9.59 Å². The maximum atomic E-state index is 12.2. The predicted octanol–water partition coefficient (Wildman–Crippen LogP) is 1.42. The van der Waals surface area contributed by atoms with Gasteiger partial charge < -0.3 is 9.84 Å². The number of para-hydroxylation sites is 1. The monoisotopic (exact) mass is 410 g/mol. The summed E-state index contributed by atoms with van der Waals surface area (Å²) < 4.78 is 5.21. The van der Waals surface area contributed by atoms with Gasteiger partial charge in [-0.3, -0.25) is 14.6 Å². The van der Waals surface area contributed by atoms with Crippen LogP contribution in [0, 0.1) is 0 Å². The van der Waals surface area contributed by atoms with Gasteiger partial charge in [-0.15, -0.1) is 0 Å². The Labute approximate surface area is 175 Å². The molecule has 8 nitrogen and oxygen atoms in total. The molecule has 3 rings (SSSR count). The SMILES string of the molecule is O=C(O)COc1ccccc1C=NNC(=O)CN1CCN(Cc2ccccc2)CC1. The molecular weight excluding hydrogens is 384 g/mol. The maximum absolute atomic E-state index is 12.2. The molecule has 1 amide bonds. The first kappa shape index (κ1) is 21.5. The number of rotatable bonds is 9. The first-order chi connectivity index (χ1) is 14.6. The van der Waals surface area contributed by atoms with Gasteiger partial charge in [-0.05, 0) is 17.7 Å². The first-order valence-corrected chi connectivity index (χ1v) is 9.84. The molecule has 0 spiro atoms. The molecule has 2 aromatic rings. The molecule has 0 atom stereocenters. The number of carbonyl (C=O) groups is 2. The summed E-state index contributed by atoms with van der Waals surface area (Å²) in [5.41, 5.74) is 4.41. The lowest BCUT2D eigenvalue weighted by Crippen LogP contribution is -2.48. The summed E-state index contributed by atoms with van der Waals surface area (Å²) in [6.45, 7) is 4.26. The van der Waals surface area contributed by atoms with E-state index in [1.165, 1.54) is 11.8 Å². The molecule has 1 heterocycles. The van der Waals surface area contributed by atoms with Crippen LogP contribution >= 0.6 is 0 Å². The van der Waals surface area contributed by atoms with Crippen molar-refractivity contribution in [3.8, 4) is 5.75 Å². The Kier molecular flexibility index (Phi) is 7.94. The molecular formula is C22H26N4O4. The van der Waals surface area contributed by atoms with Crippen LogP contribution in [0.15, 0.2) is 59.7 Å². The standard InChI is InChI=1S/C22H26N4O4/c27-21(24-23-14-19-8-4-5-9-20(19)30-17-22(28)29)16-26-12-10-25(11-13-26)15-18-6-2-1-3-7-18/h1-9,14H,10-13,15-17H2,(H,24,27)(H,28,29). The summed E-state index contributed by atoms with van der Waals surface area (Å²) in [4.78, 5) is 27.3. The number of piperazine rings is 1. The number of nitrogens with zero attached hydrogens (tertiary/aromatic N) is 3. The molecule has 0 radical (unpaired) electrons. The van der Waals surface area contributed by atoms with Crippen LogP contribution in [0.1, 0.15) is 11.1 Å². The number of carbonyl (C=O) groups excluding carboxylic acids is 1. The molecule has 0 aromatic heterocycles. The van der Waals surface area contributed by atoms with Gasteiger partial charge in [-0.25, -0.2) is 10.2 Å². The molecule has 0 saturated carbocycles. The molecule has 0 unspecified atom stereocenters. The molecule has 2 aromatic carbocycles. The number of hydrogen-bond acceptors (Lipinski definition) is 6. The quantitative estimate of drug-likeness (QED) is 0.480. The number of hydrazone groups is 1. The van der Waals surface area contributed by atoms with Gasteiger partial charge in [0.2, 0.25) is 0 Å². The highest BCUT2D eigenvalue weighted by Gasteiger charge is 2.18. The summed E-state index contributed by atoms with van der Waals surface area (Å²) in [6, 6.07) is 17.3. The minimum Gasteiger partial charge on any atom is -0.481 e. The Morgan fingerprint density at radius 2 is 1.67 bits per heavy atom. The molecule has 2 N–H and O–H groups in total. The van der Waals surface area contributed by atoms with Crippen molar-refractivity contribution in [1.82, 2.24) is 15.2 Å². The summed E-state index contributed by atoms with van der Waals surface area (Å²) in [5.74, 6) is -0.849. The molecule has 0 aliphatic carbocycles. The van der Waals surface area contributed by atoms with Gasteiger partial charge in [-0.2, -0.15) is 5.10 Å². The van der Waals surface area contributed by atoms with Crippen LogP contribution in [0.3, 0.4) is 0 Å². The highest BCUT2D eigenvalue weighted by atomic mass is 16.5. The smallest absolute Gasteiger partial charge is 0.341 e. The molecule has 0 bridgehead atoms. The lowest BCUT2D eigenvalue weighted by atomic mass is 10.2. The van der Waals surface area contributed by atoms with Crippen molar-refractivity contribution in [3.05, 3.63) is 65.7 Å². The number of nitrogens with one attached hydrogen (secondary N) is 1. The number of carboxylic acid groups (broad SMARTS) is 1. The third-order valence-corrected chi connectivity index (χ3v) is 4.74. The van der Waals surface area contributed by atoms with E-state index in [1.807, 2.05) is 18.2 Å². The fourth-order valence-electron chi connectivity index (χ4n) is 3.22. The van der Waals surface area contributed by atoms with E-state index in [4.69, 9.17) is 9.84 Å². The average molecular weight is 410 g/mol. The second kappa shape index (κ2) is 11.1. The topological polar surface area (TPSA) is 94.5 Å². The number of benzene rings is 2. The van der Waals surface area contributed by atoms with Gasteiger partial charge in [-0.1, -0.05) is 42.5 Å².